The highest BCUT2D eigenvalue weighted by Crippen LogP contribution is 2.37. The molecule has 0 saturated carbocycles. The molecule has 0 aliphatic carbocycles. The maximum absolute atomic E-state index is 12.0. The van der Waals surface area contributed by atoms with Crippen molar-refractivity contribution in [3.63, 3.8) is 0 Å². The van der Waals surface area contributed by atoms with Crippen LogP contribution in [0.5, 0.6) is 5.75 Å². The molecular weight excluding hydrogens is 504 g/mol. The van der Waals surface area contributed by atoms with E-state index in [9.17, 15) is 19.5 Å². The van der Waals surface area contributed by atoms with Gasteiger partial charge in [-0.05, 0) is 48.2 Å². The number of aliphatic hydroxyl groups is 1. The molecule has 5 atom stereocenters. The van der Waals surface area contributed by atoms with Crippen molar-refractivity contribution in [1.29, 1.82) is 0 Å². The van der Waals surface area contributed by atoms with Crippen molar-refractivity contribution in [2.45, 2.75) is 64.6 Å². The van der Waals surface area contributed by atoms with Crippen LogP contribution in [-0.2, 0) is 39.8 Å². The first-order valence-electron chi connectivity index (χ1n) is 11.9. The van der Waals surface area contributed by atoms with Crippen LogP contribution in [0.2, 0.25) is 5.02 Å². The molecule has 3 rings (SSSR count). The Morgan fingerprint density at radius 2 is 1.59 bits per heavy atom. The fourth-order valence-electron chi connectivity index (χ4n) is 4.18. The number of esters is 3. The van der Waals surface area contributed by atoms with E-state index in [0.29, 0.717) is 23.6 Å². The lowest BCUT2D eigenvalue weighted by Crippen LogP contribution is -2.58. The quantitative estimate of drug-likeness (QED) is 0.380. The second-order valence-electron chi connectivity index (χ2n) is 8.64. The SMILES string of the molecule is CCOc1ccc(Cc2cc([C@@H]3O[C@@H](COC(C)=O)[C@@H](O)[C@H](OC(C)=O)[C@H]3OC(C)=O)ccc2Cl)cc1. The van der Waals surface area contributed by atoms with E-state index < -0.39 is 48.4 Å². The van der Waals surface area contributed by atoms with Crippen molar-refractivity contribution < 1.29 is 43.2 Å². The Morgan fingerprint density at radius 3 is 2.19 bits per heavy atom. The summed E-state index contributed by atoms with van der Waals surface area (Å²) in [6.07, 6.45) is -5.34. The third-order valence-electron chi connectivity index (χ3n) is 5.74. The van der Waals surface area contributed by atoms with Crippen LogP contribution in [0.25, 0.3) is 0 Å². The first-order chi connectivity index (χ1) is 17.6. The predicted octanol–water partition coefficient (Wildman–Crippen LogP) is 3.56. The number of benzene rings is 2. The summed E-state index contributed by atoms with van der Waals surface area (Å²) in [5.74, 6) is -1.13. The molecule has 1 aliphatic rings. The number of aliphatic hydroxyl groups excluding tert-OH is 1. The van der Waals surface area contributed by atoms with E-state index in [1.54, 1.807) is 12.1 Å². The van der Waals surface area contributed by atoms with Crippen molar-refractivity contribution in [1.82, 2.24) is 0 Å². The van der Waals surface area contributed by atoms with E-state index in [1.165, 1.54) is 20.8 Å². The number of hydrogen-bond acceptors (Lipinski definition) is 9. The van der Waals surface area contributed by atoms with Crippen LogP contribution >= 0.6 is 11.6 Å². The first kappa shape index (κ1) is 28.4. The van der Waals surface area contributed by atoms with Gasteiger partial charge in [0.25, 0.3) is 0 Å². The van der Waals surface area contributed by atoms with Gasteiger partial charge in [-0.2, -0.15) is 0 Å². The Labute approximate surface area is 220 Å². The smallest absolute Gasteiger partial charge is 0.303 e. The van der Waals surface area contributed by atoms with Gasteiger partial charge in [-0.25, -0.2) is 0 Å². The zero-order valence-electron chi connectivity index (χ0n) is 21.1. The van der Waals surface area contributed by atoms with Crippen LogP contribution < -0.4 is 4.74 Å². The summed E-state index contributed by atoms with van der Waals surface area (Å²) in [7, 11) is 0. The lowest BCUT2D eigenvalue weighted by atomic mass is 9.89. The summed E-state index contributed by atoms with van der Waals surface area (Å²) in [5, 5.41) is 11.4. The molecule has 2 aromatic carbocycles. The summed E-state index contributed by atoms with van der Waals surface area (Å²) in [5.41, 5.74) is 2.35. The topological polar surface area (TPSA) is 118 Å². The lowest BCUT2D eigenvalue weighted by Gasteiger charge is -2.43. The maximum Gasteiger partial charge on any atom is 0.303 e. The monoisotopic (exact) mass is 534 g/mol. The van der Waals surface area contributed by atoms with Gasteiger partial charge < -0.3 is 28.8 Å². The minimum absolute atomic E-state index is 0.288. The molecule has 9 nitrogen and oxygen atoms in total. The third kappa shape index (κ3) is 7.67. The fraction of sp³-hybridized carbons (Fsp3) is 0.444. The molecule has 1 heterocycles. The molecule has 1 N–H and O–H groups in total. The Morgan fingerprint density at radius 1 is 0.946 bits per heavy atom. The number of rotatable bonds is 9. The average Bonchev–Trinajstić information content (AvgIpc) is 2.83. The number of ether oxygens (including phenoxy) is 5. The molecule has 1 aliphatic heterocycles. The van der Waals surface area contributed by atoms with Gasteiger partial charge in [-0.1, -0.05) is 35.9 Å². The van der Waals surface area contributed by atoms with Gasteiger partial charge >= 0.3 is 17.9 Å². The van der Waals surface area contributed by atoms with Gasteiger partial charge in [-0.3, -0.25) is 14.4 Å². The highest BCUT2D eigenvalue weighted by atomic mass is 35.5. The number of hydrogen-bond donors (Lipinski definition) is 1. The van der Waals surface area contributed by atoms with Gasteiger partial charge in [0, 0.05) is 25.8 Å². The van der Waals surface area contributed by atoms with E-state index in [-0.39, 0.29) is 6.61 Å². The minimum Gasteiger partial charge on any atom is -0.494 e. The number of halogens is 1. The molecule has 0 aromatic heterocycles. The second-order valence-corrected chi connectivity index (χ2v) is 9.05. The first-order valence-corrected chi connectivity index (χ1v) is 12.3. The largest absolute Gasteiger partial charge is 0.494 e. The van der Waals surface area contributed by atoms with E-state index in [1.807, 2.05) is 37.3 Å². The lowest BCUT2D eigenvalue weighted by molar-refractivity contribution is -0.249. The molecule has 1 fully saturated rings. The molecular formula is C27H31ClO9. The predicted molar refractivity (Wildman–Crippen MR) is 133 cm³/mol. The Kier molecular flexibility index (Phi) is 9.91. The van der Waals surface area contributed by atoms with Crippen LogP contribution in [0.15, 0.2) is 42.5 Å². The molecule has 0 spiro atoms. The van der Waals surface area contributed by atoms with Crippen molar-refractivity contribution in [2.24, 2.45) is 0 Å². The van der Waals surface area contributed by atoms with Crippen molar-refractivity contribution in [2.75, 3.05) is 13.2 Å². The maximum atomic E-state index is 12.0. The Balaban J connectivity index is 1.96. The molecule has 0 unspecified atom stereocenters. The van der Waals surface area contributed by atoms with Gasteiger partial charge in [-0.15, -0.1) is 0 Å². The summed E-state index contributed by atoms with van der Waals surface area (Å²) < 4.78 is 27.5. The average molecular weight is 535 g/mol. The normalized spacial score (nSPS) is 23.1. The number of carbonyl (C=O) groups is 3. The van der Waals surface area contributed by atoms with Crippen molar-refractivity contribution in [3.8, 4) is 5.75 Å². The summed E-state index contributed by atoms with van der Waals surface area (Å²) >= 11 is 6.50. The van der Waals surface area contributed by atoms with E-state index in [4.69, 9.17) is 35.3 Å². The van der Waals surface area contributed by atoms with Crippen LogP contribution in [0.4, 0.5) is 0 Å². The highest BCUT2D eigenvalue weighted by molar-refractivity contribution is 6.31. The van der Waals surface area contributed by atoms with Crippen LogP contribution in [0.1, 0.15) is 50.5 Å². The minimum atomic E-state index is -1.42. The molecule has 0 amide bonds. The second kappa shape index (κ2) is 12.9. The third-order valence-corrected chi connectivity index (χ3v) is 6.11. The molecule has 200 valence electrons. The number of carbonyl (C=O) groups excluding carboxylic acids is 3. The molecule has 37 heavy (non-hydrogen) atoms. The van der Waals surface area contributed by atoms with Crippen molar-refractivity contribution >= 4 is 29.5 Å². The molecule has 1 saturated heterocycles. The van der Waals surface area contributed by atoms with Gasteiger partial charge in [0.05, 0.1) is 6.61 Å². The van der Waals surface area contributed by atoms with Crippen LogP contribution in [0.3, 0.4) is 0 Å². The molecule has 2 aromatic rings. The van der Waals surface area contributed by atoms with E-state index in [0.717, 1.165) is 16.9 Å². The summed E-state index contributed by atoms with van der Waals surface area (Å²) in [4.78, 5) is 35.2. The van der Waals surface area contributed by atoms with Gasteiger partial charge in [0.1, 0.15) is 30.7 Å². The summed E-state index contributed by atoms with van der Waals surface area (Å²) in [6.45, 7) is 5.81. The highest BCUT2D eigenvalue weighted by Gasteiger charge is 2.50. The zero-order chi connectivity index (χ0) is 27.1. The standard InChI is InChI=1S/C27H31ClO9/c1-5-33-21-9-6-18(7-10-21)12-20-13-19(8-11-22(20)28)25-27(36-17(4)31)26(35-16(3)30)24(32)23(37-25)14-34-15(2)29/h6-11,13,23-27,32H,5,12,14H2,1-4H3/t23-,24+,25-,26-,27-/m0/s1. The molecule has 0 radical (unpaired) electrons. The van der Waals surface area contributed by atoms with Crippen molar-refractivity contribution in [3.05, 3.63) is 64.2 Å². The summed E-state index contributed by atoms with van der Waals surface area (Å²) in [6, 6.07) is 12.8. The fourth-order valence-corrected chi connectivity index (χ4v) is 4.36. The van der Waals surface area contributed by atoms with E-state index in [2.05, 4.69) is 0 Å². The van der Waals surface area contributed by atoms with Crippen LogP contribution in [0, 0.1) is 0 Å². The van der Waals surface area contributed by atoms with Gasteiger partial charge in [0.15, 0.2) is 12.2 Å². The Hall–Kier alpha value is -3.14. The Bertz CT molecular complexity index is 1100. The van der Waals surface area contributed by atoms with E-state index >= 15 is 0 Å². The molecule has 0 bridgehead atoms. The van der Waals surface area contributed by atoms with Crippen LogP contribution in [-0.4, -0.2) is 60.6 Å². The molecule has 10 heteroatoms. The van der Waals surface area contributed by atoms with Gasteiger partial charge in [0.2, 0.25) is 0 Å². The zero-order valence-corrected chi connectivity index (χ0v) is 21.9.